The van der Waals surface area contributed by atoms with Crippen molar-refractivity contribution in [1.82, 2.24) is 0 Å². The van der Waals surface area contributed by atoms with Gasteiger partial charge in [0.15, 0.2) is 0 Å². The SMILES string of the molecule is c1ccc(-c2ccc(N(c3ccc4oc5ccccc5c4c3)c3cccc4c3-c3c(ccc5ccccc35)C43c4ccccc4Oc4ccccc43)cc2)cc1. The first-order chi connectivity index (χ1) is 27.8. The lowest BCUT2D eigenvalue weighted by Crippen LogP contribution is -2.32. The van der Waals surface area contributed by atoms with Crippen LogP contribution in [0.4, 0.5) is 17.1 Å². The number of para-hydroxylation sites is 3. The van der Waals surface area contributed by atoms with Gasteiger partial charge >= 0.3 is 0 Å². The predicted molar refractivity (Wildman–Crippen MR) is 229 cm³/mol. The van der Waals surface area contributed by atoms with Crippen molar-refractivity contribution in [3.63, 3.8) is 0 Å². The summed E-state index contributed by atoms with van der Waals surface area (Å²) in [6.45, 7) is 0. The summed E-state index contributed by atoms with van der Waals surface area (Å²) in [5, 5.41) is 4.63. The highest BCUT2D eigenvalue weighted by molar-refractivity contribution is 6.10. The molecule has 1 aliphatic heterocycles. The molecule has 2 heterocycles. The number of nitrogens with zero attached hydrogens (tertiary/aromatic N) is 1. The topological polar surface area (TPSA) is 25.6 Å². The Morgan fingerprint density at radius 2 is 0.982 bits per heavy atom. The zero-order valence-corrected chi connectivity index (χ0v) is 30.3. The van der Waals surface area contributed by atoms with E-state index in [1.165, 1.54) is 44.2 Å². The Balaban J connectivity index is 1.19. The van der Waals surface area contributed by atoms with E-state index in [9.17, 15) is 0 Å². The molecule has 10 aromatic rings. The zero-order valence-electron chi connectivity index (χ0n) is 30.3. The van der Waals surface area contributed by atoms with E-state index in [0.29, 0.717) is 0 Å². The molecule has 1 spiro atoms. The van der Waals surface area contributed by atoms with Crippen LogP contribution >= 0.6 is 0 Å². The molecule has 0 saturated carbocycles. The highest BCUT2D eigenvalue weighted by atomic mass is 16.5. The predicted octanol–water partition coefficient (Wildman–Crippen LogP) is 14.3. The van der Waals surface area contributed by atoms with Crippen molar-refractivity contribution in [3.05, 3.63) is 222 Å². The number of fused-ring (bicyclic) bond motifs is 14. The van der Waals surface area contributed by atoms with Crippen LogP contribution in [0.1, 0.15) is 22.3 Å². The molecule has 3 nitrogen and oxygen atoms in total. The summed E-state index contributed by atoms with van der Waals surface area (Å²) in [6, 6.07) is 72.0. The Morgan fingerprint density at radius 3 is 1.79 bits per heavy atom. The van der Waals surface area contributed by atoms with Crippen molar-refractivity contribution in [2.24, 2.45) is 0 Å². The molecular formula is C53H33NO2. The Hall–Kier alpha value is -7.36. The molecule has 56 heavy (non-hydrogen) atoms. The molecule has 0 radical (unpaired) electrons. The number of rotatable bonds is 4. The fraction of sp³-hybridized carbons (Fsp3) is 0.0189. The summed E-state index contributed by atoms with van der Waals surface area (Å²) in [6.07, 6.45) is 0. The summed E-state index contributed by atoms with van der Waals surface area (Å²) in [7, 11) is 0. The maximum atomic E-state index is 6.69. The van der Waals surface area contributed by atoms with Crippen LogP contribution in [0.2, 0.25) is 0 Å². The van der Waals surface area contributed by atoms with E-state index in [-0.39, 0.29) is 0 Å². The highest BCUT2D eigenvalue weighted by Gasteiger charge is 2.52. The monoisotopic (exact) mass is 715 g/mol. The van der Waals surface area contributed by atoms with Crippen LogP contribution < -0.4 is 9.64 Å². The summed E-state index contributed by atoms with van der Waals surface area (Å²) >= 11 is 0. The van der Waals surface area contributed by atoms with E-state index >= 15 is 0 Å². The van der Waals surface area contributed by atoms with Crippen molar-refractivity contribution >= 4 is 49.8 Å². The largest absolute Gasteiger partial charge is 0.457 e. The number of hydrogen-bond acceptors (Lipinski definition) is 3. The number of benzene rings is 9. The van der Waals surface area contributed by atoms with Gasteiger partial charge in [0.1, 0.15) is 22.7 Å². The van der Waals surface area contributed by atoms with Gasteiger partial charge in [-0.1, -0.05) is 146 Å². The molecule has 0 bridgehead atoms. The zero-order chi connectivity index (χ0) is 36.8. The van der Waals surface area contributed by atoms with E-state index < -0.39 is 5.41 Å². The van der Waals surface area contributed by atoms with Gasteiger partial charge in [0.25, 0.3) is 0 Å². The third-order valence-electron chi connectivity index (χ3n) is 11.9. The average molecular weight is 716 g/mol. The van der Waals surface area contributed by atoms with Crippen molar-refractivity contribution in [1.29, 1.82) is 0 Å². The Bertz CT molecular complexity index is 3130. The first-order valence-electron chi connectivity index (χ1n) is 19.2. The molecule has 0 atom stereocenters. The number of furan rings is 1. The normalized spacial score (nSPS) is 13.3. The second-order valence-electron chi connectivity index (χ2n) is 14.8. The molecule has 3 heteroatoms. The Morgan fingerprint density at radius 1 is 0.375 bits per heavy atom. The second kappa shape index (κ2) is 11.8. The minimum atomic E-state index is -0.607. The third kappa shape index (κ3) is 4.28. The van der Waals surface area contributed by atoms with Crippen LogP contribution in [0, 0.1) is 0 Å². The molecule has 0 amide bonds. The molecule has 0 N–H and O–H groups in total. The van der Waals surface area contributed by atoms with Gasteiger partial charge in [-0.15, -0.1) is 0 Å². The average Bonchev–Trinajstić information content (AvgIpc) is 3.79. The number of ether oxygens (including phenoxy) is 1. The van der Waals surface area contributed by atoms with Crippen molar-refractivity contribution in [3.8, 4) is 33.8 Å². The van der Waals surface area contributed by atoms with Crippen molar-refractivity contribution < 1.29 is 9.15 Å². The second-order valence-corrected chi connectivity index (χ2v) is 14.8. The number of anilines is 3. The van der Waals surface area contributed by atoms with Gasteiger partial charge in [-0.3, -0.25) is 0 Å². The minimum Gasteiger partial charge on any atom is -0.457 e. The molecular weight excluding hydrogens is 683 g/mol. The molecule has 9 aromatic carbocycles. The molecule has 2 aliphatic rings. The summed E-state index contributed by atoms with van der Waals surface area (Å²) < 4.78 is 13.0. The van der Waals surface area contributed by atoms with E-state index in [2.05, 4.69) is 193 Å². The Kier molecular flexibility index (Phi) is 6.55. The maximum absolute atomic E-state index is 6.69. The quantitative estimate of drug-likeness (QED) is 0.181. The summed E-state index contributed by atoms with van der Waals surface area (Å²) in [4.78, 5) is 2.44. The molecule has 1 aromatic heterocycles. The van der Waals surface area contributed by atoms with Crippen molar-refractivity contribution in [2.75, 3.05) is 4.90 Å². The first kappa shape index (κ1) is 31.0. The molecule has 0 unspecified atom stereocenters. The van der Waals surface area contributed by atoms with Crippen LogP contribution in [-0.2, 0) is 5.41 Å². The van der Waals surface area contributed by atoms with Crippen molar-refractivity contribution in [2.45, 2.75) is 5.41 Å². The van der Waals surface area contributed by atoms with Crippen LogP contribution in [0.3, 0.4) is 0 Å². The lowest BCUT2D eigenvalue weighted by atomic mass is 9.66. The lowest BCUT2D eigenvalue weighted by Gasteiger charge is -2.39. The van der Waals surface area contributed by atoms with Gasteiger partial charge in [0.2, 0.25) is 0 Å². The van der Waals surface area contributed by atoms with Gasteiger partial charge in [0.05, 0.1) is 11.1 Å². The summed E-state index contributed by atoms with van der Waals surface area (Å²) in [5.74, 6) is 1.77. The van der Waals surface area contributed by atoms with Crippen LogP contribution in [0.15, 0.2) is 205 Å². The van der Waals surface area contributed by atoms with Gasteiger partial charge in [-0.2, -0.15) is 0 Å². The fourth-order valence-corrected chi connectivity index (χ4v) is 9.59. The molecule has 262 valence electrons. The smallest absolute Gasteiger partial charge is 0.135 e. The number of hydrogen-bond donors (Lipinski definition) is 0. The maximum Gasteiger partial charge on any atom is 0.135 e. The van der Waals surface area contributed by atoms with Crippen LogP contribution in [0.25, 0.3) is 55.0 Å². The van der Waals surface area contributed by atoms with Gasteiger partial charge in [-0.05, 0) is 93.2 Å². The fourth-order valence-electron chi connectivity index (χ4n) is 9.59. The minimum absolute atomic E-state index is 0.607. The summed E-state index contributed by atoms with van der Waals surface area (Å²) in [5.41, 5.74) is 14.0. The molecule has 0 saturated heterocycles. The van der Waals surface area contributed by atoms with Gasteiger partial charge < -0.3 is 14.1 Å². The van der Waals surface area contributed by atoms with E-state index in [0.717, 1.165) is 61.6 Å². The van der Waals surface area contributed by atoms with Gasteiger partial charge in [-0.25, -0.2) is 0 Å². The van der Waals surface area contributed by atoms with Crippen LogP contribution in [0.5, 0.6) is 11.5 Å². The molecule has 0 fully saturated rings. The van der Waals surface area contributed by atoms with Crippen LogP contribution in [-0.4, -0.2) is 0 Å². The third-order valence-corrected chi connectivity index (χ3v) is 11.9. The lowest BCUT2D eigenvalue weighted by molar-refractivity contribution is 0.436. The molecule has 12 rings (SSSR count). The standard InChI is InChI=1S/C53H33NO2/c1-2-13-34(14-3-1)35-25-28-37(29-26-35)54(38-30-32-48-41(33-38)40-17-6-9-22-47(40)55-48)46-21-12-20-44-52(46)51-39-16-5-4-15-36(39)27-31-45(51)53(44)42-18-7-10-23-49(42)56-50-24-11-8-19-43(50)53/h1-33H. The van der Waals surface area contributed by atoms with E-state index in [1.807, 2.05) is 12.1 Å². The first-order valence-corrected chi connectivity index (χ1v) is 19.2. The van der Waals surface area contributed by atoms with E-state index in [4.69, 9.17) is 9.15 Å². The van der Waals surface area contributed by atoms with Gasteiger partial charge in [0, 0.05) is 38.8 Å². The molecule has 1 aliphatic carbocycles. The Labute approximate surface area is 324 Å². The van der Waals surface area contributed by atoms with E-state index in [1.54, 1.807) is 0 Å². The highest BCUT2D eigenvalue weighted by Crippen LogP contribution is 2.65.